The van der Waals surface area contributed by atoms with E-state index < -0.39 is 20.7 Å². The van der Waals surface area contributed by atoms with Crippen molar-refractivity contribution in [2.75, 3.05) is 10.6 Å². The molecular weight excluding hydrogens is 686 g/mol. The molecule has 0 radical (unpaired) electrons. The number of halogens is 1. The lowest BCUT2D eigenvalue weighted by molar-refractivity contribution is 0.00367. The Morgan fingerprint density at radius 1 is 1.00 bits per heavy atom. The minimum absolute atomic E-state index is 0.00471. The van der Waals surface area contributed by atoms with Crippen molar-refractivity contribution in [2.24, 2.45) is 11.8 Å². The maximum absolute atomic E-state index is 13.6. The van der Waals surface area contributed by atoms with Crippen molar-refractivity contribution in [3.05, 3.63) is 64.8 Å². The molecule has 12 heteroatoms. The zero-order valence-electron chi connectivity index (χ0n) is 30.8. The van der Waals surface area contributed by atoms with Gasteiger partial charge in [0.1, 0.15) is 16.4 Å². The third kappa shape index (κ3) is 8.46. The van der Waals surface area contributed by atoms with E-state index in [2.05, 4.69) is 44.6 Å². The Bertz CT molecular complexity index is 1930. The van der Waals surface area contributed by atoms with Crippen LogP contribution >= 0.6 is 11.6 Å². The second-order valence-corrected chi connectivity index (χ2v) is 18.5. The van der Waals surface area contributed by atoms with Gasteiger partial charge in [0.15, 0.2) is 15.7 Å². The molecule has 0 bridgehead atoms. The average molecular weight is 736 g/mol. The summed E-state index contributed by atoms with van der Waals surface area (Å²) in [6.07, 6.45) is 8.65. The number of anilines is 4. The summed E-state index contributed by atoms with van der Waals surface area (Å²) >= 11 is 6.52. The Balaban J connectivity index is 1.32. The van der Waals surface area contributed by atoms with Crippen LogP contribution in [0.1, 0.15) is 91.7 Å². The van der Waals surface area contributed by atoms with Gasteiger partial charge in [-0.05, 0) is 140 Å². The maximum Gasteiger partial charge on any atom is 0.411 e. The molecule has 10 nitrogen and oxygen atoms in total. The Kier molecular flexibility index (Phi) is 10.4. The molecule has 0 saturated heterocycles. The second-order valence-electron chi connectivity index (χ2n) is 15.6. The molecule has 2 atom stereocenters. The van der Waals surface area contributed by atoms with Crippen LogP contribution in [0.15, 0.2) is 53.6 Å². The normalized spacial score (nSPS) is 19.6. The number of para-hydroxylation sites is 1. The zero-order chi connectivity index (χ0) is 36.8. The van der Waals surface area contributed by atoms with E-state index in [1.165, 1.54) is 11.8 Å². The van der Waals surface area contributed by atoms with Gasteiger partial charge in [-0.25, -0.2) is 18.2 Å². The largest absolute Gasteiger partial charge is 0.489 e. The van der Waals surface area contributed by atoms with Crippen LogP contribution in [0.5, 0.6) is 5.75 Å². The highest BCUT2D eigenvalue weighted by Gasteiger charge is 2.48. The first-order chi connectivity index (χ1) is 24.0. The molecular formula is C39H50ClN5O5S. The van der Waals surface area contributed by atoms with E-state index in [0.29, 0.717) is 29.0 Å². The van der Waals surface area contributed by atoms with Gasteiger partial charge in [-0.3, -0.25) is 4.90 Å². The van der Waals surface area contributed by atoms with Crippen molar-refractivity contribution < 1.29 is 22.7 Å². The number of benzene rings is 2. The Morgan fingerprint density at radius 2 is 1.69 bits per heavy atom. The van der Waals surface area contributed by atoms with Crippen LogP contribution < -0.4 is 15.4 Å². The molecule has 1 amide bonds. The molecule has 2 aromatic carbocycles. The van der Waals surface area contributed by atoms with E-state index in [9.17, 15) is 13.2 Å². The predicted octanol–water partition coefficient (Wildman–Crippen LogP) is 9.48. The summed E-state index contributed by atoms with van der Waals surface area (Å²) in [6, 6.07) is 10.9. The summed E-state index contributed by atoms with van der Waals surface area (Å²) in [4.78, 5) is 24.9. The summed E-state index contributed by atoms with van der Waals surface area (Å²) in [5.41, 5.74) is 3.88. The van der Waals surface area contributed by atoms with E-state index in [0.717, 1.165) is 43.2 Å². The Morgan fingerprint density at radius 3 is 2.31 bits per heavy atom. The van der Waals surface area contributed by atoms with Gasteiger partial charge in [0, 0.05) is 6.04 Å². The number of rotatable bonds is 11. The fourth-order valence-electron chi connectivity index (χ4n) is 6.66. The fraction of sp³-hybridized carbons (Fsp3) is 0.513. The summed E-state index contributed by atoms with van der Waals surface area (Å²) in [5, 5.41) is 6.09. The van der Waals surface area contributed by atoms with E-state index in [1.54, 1.807) is 38.1 Å². The van der Waals surface area contributed by atoms with E-state index >= 15 is 0 Å². The van der Waals surface area contributed by atoms with E-state index in [-0.39, 0.29) is 46.0 Å². The SMILES string of the molecule is Cc1cc(Nc2ncc(Cl)c(Nc3ccccc3S(=O)(=O)C(C)C)n2)c(OC(C)C)cc1C1=C[C@H](C2CC2)N(C(=O)OC(C)(C)C)[C@H](C2CC2)C1. The molecule has 0 unspecified atom stereocenters. The maximum atomic E-state index is 13.6. The molecule has 2 N–H and O–H groups in total. The second kappa shape index (κ2) is 14.3. The number of hydrogen-bond donors (Lipinski definition) is 2. The molecule has 2 heterocycles. The first-order valence-corrected chi connectivity index (χ1v) is 19.9. The lowest BCUT2D eigenvalue weighted by atomic mass is 9.85. The number of aromatic nitrogens is 2. The molecule has 1 aliphatic heterocycles. The topological polar surface area (TPSA) is 123 Å². The van der Waals surface area contributed by atoms with Gasteiger partial charge in [-0.15, -0.1) is 0 Å². The van der Waals surface area contributed by atoms with Gasteiger partial charge in [0.25, 0.3) is 0 Å². The lowest BCUT2D eigenvalue weighted by Crippen LogP contribution is -2.52. The number of carbonyl (C=O) groups is 1. The molecule has 3 aliphatic rings. The van der Waals surface area contributed by atoms with Crippen LogP contribution in [0.3, 0.4) is 0 Å². The Labute approximate surface area is 307 Å². The van der Waals surface area contributed by atoms with Gasteiger partial charge < -0.3 is 20.1 Å². The van der Waals surface area contributed by atoms with Crippen molar-refractivity contribution >= 4 is 56.2 Å². The number of amides is 1. The molecule has 1 aromatic heterocycles. The fourth-order valence-corrected chi connectivity index (χ4v) is 8.00. The Hall–Kier alpha value is -3.83. The summed E-state index contributed by atoms with van der Waals surface area (Å²) in [5.74, 6) is 2.08. The van der Waals surface area contributed by atoms with Crippen LogP contribution in [0, 0.1) is 18.8 Å². The quantitative estimate of drug-likeness (QED) is 0.198. The first kappa shape index (κ1) is 36.9. The third-order valence-electron chi connectivity index (χ3n) is 9.45. The van der Waals surface area contributed by atoms with Crippen molar-refractivity contribution in [1.82, 2.24) is 14.9 Å². The molecule has 2 fully saturated rings. The highest BCUT2D eigenvalue weighted by Crippen LogP contribution is 2.49. The summed E-state index contributed by atoms with van der Waals surface area (Å²) in [6.45, 7) is 15.1. The number of ether oxygens (including phenoxy) is 2. The van der Waals surface area contributed by atoms with E-state index in [1.807, 2.05) is 40.7 Å². The van der Waals surface area contributed by atoms with Crippen LogP contribution in [0.2, 0.25) is 5.02 Å². The van der Waals surface area contributed by atoms with Crippen LogP contribution in [-0.2, 0) is 14.6 Å². The molecule has 2 saturated carbocycles. The zero-order valence-corrected chi connectivity index (χ0v) is 32.4. The predicted molar refractivity (Wildman–Crippen MR) is 203 cm³/mol. The van der Waals surface area contributed by atoms with Gasteiger partial charge >= 0.3 is 6.09 Å². The third-order valence-corrected chi connectivity index (χ3v) is 11.9. The number of nitrogens with one attached hydrogen (secondary N) is 2. The number of hydrogen-bond acceptors (Lipinski definition) is 9. The number of carbonyl (C=O) groups excluding carboxylic acids is 1. The summed E-state index contributed by atoms with van der Waals surface area (Å²) in [7, 11) is -3.57. The lowest BCUT2D eigenvalue weighted by Gasteiger charge is -2.42. The van der Waals surface area contributed by atoms with E-state index in [4.69, 9.17) is 21.1 Å². The highest BCUT2D eigenvalue weighted by atomic mass is 35.5. The average Bonchev–Trinajstić information content (AvgIpc) is 3.96. The molecule has 2 aliphatic carbocycles. The highest BCUT2D eigenvalue weighted by molar-refractivity contribution is 7.92. The smallest absolute Gasteiger partial charge is 0.411 e. The number of sulfone groups is 1. The minimum Gasteiger partial charge on any atom is -0.489 e. The van der Waals surface area contributed by atoms with Crippen molar-refractivity contribution in [2.45, 2.75) is 121 Å². The van der Waals surface area contributed by atoms with Gasteiger partial charge in [0.2, 0.25) is 5.95 Å². The number of nitrogens with zero attached hydrogens (tertiary/aromatic N) is 3. The molecule has 274 valence electrons. The minimum atomic E-state index is -3.57. The summed E-state index contributed by atoms with van der Waals surface area (Å²) < 4.78 is 38.5. The van der Waals surface area contributed by atoms with Crippen LogP contribution in [-0.4, -0.2) is 58.4 Å². The first-order valence-electron chi connectivity index (χ1n) is 17.9. The molecule has 6 rings (SSSR count). The van der Waals surface area contributed by atoms with Gasteiger partial charge in [0.05, 0.1) is 39.9 Å². The van der Waals surface area contributed by atoms with Gasteiger partial charge in [-0.1, -0.05) is 29.8 Å². The monoisotopic (exact) mass is 735 g/mol. The number of aryl methyl sites for hydroxylation is 1. The molecule has 0 spiro atoms. The van der Waals surface area contributed by atoms with Crippen molar-refractivity contribution in [3.8, 4) is 5.75 Å². The van der Waals surface area contributed by atoms with Crippen LogP contribution in [0.25, 0.3) is 5.57 Å². The standard InChI is InChI=1S/C39H50ClN5O5S/c1-22(2)49-34-20-28(27-18-32(25-13-14-25)45(33(19-27)26-15-16-26)38(46)50-39(6,7)8)24(5)17-31(34)43-37-41-21-29(40)36(44-37)42-30-11-9-10-12-35(30)51(47,48)23(3)4/h9-12,17-18,20-23,25-26,32-33H,13-16,19H2,1-8H3,(H2,41,42,43,44)/t32-,33+/m1/s1. The molecule has 51 heavy (non-hydrogen) atoms. The van der Waals surface area contributed by atoms with Crippen LogP contribution in [0.4, 0.5) is 27.9 Å². The molecule has 3 aromatic rings. The van der Waals surface area contributed by atoms with Crippen molar-refractivity contribution in [3.63, 3.8) is 0 Å². The van der Waals surface area contributed by atoms with Crippen molar-refractivity contribution in [1.29, 1.82) is 0 Å². The van der Waals surface area contributed by atoms with Gasteiger partial charge in [-0.2, -0.15) is 4.98 Å².